The minimum absolute atomic E-state index is 0.0395. The van der Waals surface area contributed by atoms with Crippen LogP contribution in [0.25, 0.3) is 0 Å². The zero-order chi connectivity index (χ0) is 20.4. The van der Waals surface area contributed by atoms with Crippen LogP contribution in [0.3, 0.4) is 0 Å². The summed E-state index contributed by atoms with van der Waals surface area (Å²) in [6, 6.07) is 9.37. The lowest BCUT2D eigenvalue weighted by Crippen LogP contribution is -2.28. The third-order valence-corrected chi connectivity index (χ3v) is 4.99. The molecule has 1 aliphatic rings. The van der Waals surface area contributed by atoms with Crippen molar-refractivity contribution in [1.29, 1.82) is 0 Å². The lowest BCUT2D eigenvalue weighted by Gasteiger charge is -2.20. The van der Waals surface area contributed by atoms with E-state index in [1.165, 1.54) is 24.1 Å². The molecule has 3 N–H and O–H groups in total. The molecule has 3 amide bonds. The van der Waals surface area contributed by atoms with E-state index in [2.05, 4.69) is 5.32 Å². The molecule has 2 aromatic carbocycles. The largest absolute Gasteiger partial charge is 0.495 e. The molecule has 0 spiro atoms. The molecule has 0 aromatic heterocycles. The van der Waals surface area contributed by atoms with E-state index in [1.807, 2.05) is 0 Å². The number of hydrogen-bond donors (Lipinski definition) is 2. The van der Waals surface area contributed by atoms with Crippen LogP contribution in [0, 0.1) is 5.92 Å². The average Bonchev–Trinajstić information content (AvgIpc) is 3.04. The van der Waals surface area contributed by atoms with E-state index in [-0.39, 0.29) is 35.4 Å². The van der Waals surface area contributed by atoms with Crippen LogP contribution in [0.5, 0.6) is 5.75 Å². The Morgan fingerprint density at radius 3 is 2.64 bits per heavy atom. The Morgan fingerprint density at radius 1 is 1.21 bits per heavy atom. The number of primary amides is 1. The molecule has 1 aliphatic heterocycles. The number of nitrogens with zero attached hydrogens (tertiary/aromatic N) is 1. The van der Waals surface area contributed by atoms with Crippen LogP contribution in [0.1, 0.15) is 16.8 Å². The summed E-state index contributed by atoms with van der Waals surface area (Å²) >= 11 is 12.0. The fourth-order valence-electron chi connectivity index (χ4n) is 3.03. The maximum atomic E-state index is 12.6. The van der Waals surface area contributed by atoms with E-state index < -0.39 is 11.8 Å². The molecular weight excluding hydrogens is 405 g/mol. The summed E-state index contributed by atoms with van der Waals surface area (Å²) in [5, 5.41) is 3.35. The Morgan fingerprint density at radius 2 is 1.96 bits per heavy atom. The topological polar surface area (TPSA) is 102 Å². The first kappa shape index (κ1) is 20.0. The highest BCUT2D eigenvalue weighted by Crippen LogP contribution is 2.35. The number of carbonyl (C=O) groups excluding carboxylic acids is 3. The van der Waals surface area contributed by atoms with Crippen LogP contribution in [-0.2, 0) is 9.59 Å². The number of nitrogens with one attached hydrogen (secondary N) is 1. The summed E-state index contributed by atoms with van der Waals surface area (Å²) in [6.07, 6.45) is 0.0395. The third-order valence-electron chi connectivity index (χ3n) is 4.43. The predicted molar refractivity (Wildman–Crippen MR) is 107 cm³/mol. The maximum absolute atomic E-state index is 12.6. The number of ether oxygens (including phenoxy) is 1. The van der Waals surface area contributed by atoms with Crippen LogP contribution in [0.15, 0.2) is 36.4 Å². The van der Waals surface area contributed by atoms with Gasteiger partial charge in [0, 0.05) is 23.7 Å². The second-order valence-corrected chi connectivity index (χ2v) is 7.11. The number of carbonyl (C=O) groups is 3. The van der Waals surface area contributed by atoms with Crippen molar-refractivity contribution in [3.63, 3.8) is 0 Å². The first-order chi connectivity index (χ1) is 13.3. The first-order valence-electron chi connectivity index (χ1n) is 8.34. The Bertz CT molecular complexity index is 964. The number of amides is 3. The van der Waals surface area contributed by atoms with Gasteiger partial charge in [0.15, 0.2) is 0 Å². The van der Waals surface area contributed by atoms with E-state index in [0.717, 1.165) is 0 Å². The van der Waals surface area contributed by atoms with Crippen molar-refractivity contribution in [3.8, 4) is 5.75 Å². The van der Waals surface area contributed by atoms with Crippen molar-refractivity contribution in [2.24, 2.45) is 11.7 Å². The standard InChI is InChI=1S/C19H17Cl2N3O4/c1-28-16-5-2-11(20)7-15(16)24-9-10(6-17(24)25)19(27)23-12-3-4-14(21)13(8-12)18(22)26/h2-5,7-8,10H,6,9H2,1H3,(H2,22,26)(H,23,27). The molecule has 1 saturated heterocycles. The number of anilines is 2. The molecule has 28 heavy (non-hydrogen) atoms. The van der Waals surface area contributed by atoms with Gasteiger partial charge in [0.25, 0.3) is 0 Å². The molecule has 146 valence electrons. The molecular formula is C19H17Cl2N3O4. The molecule has 1 atom stereocenters. The summed E-state index contributed by atoms with van der Waals surface area (Å²) in [6.45, 7) is 0.178. The van der Waals surface area contributed by atoms with Crippen LogP contribution >= 0.6 is 23.2 Å². The second kappa shape index (κ2) is 8.08. The monoisotopic (exact) mass is 421 g/mol. The van der Waals surface area contributed by atoms with Gasteiger partial charge in [-0.25, -0.2) is 0 Å². The Balaban J connectivity index is 1.77. The van der Waals surface area contributed by atoms with Gasteiger partial charge in [-0.15, -0.1) is 0 Å². The molecule has 0 aliphatic carbocycles. The van der Waals surface area contributed by atoms with Gasteiger partial charge in [-0.3, -0.25) is 14.4 Å². The van der Waals surface area contributed by atoms with Crippen molar-refractivity contribution in [2.45, 2.75) is 6.42 Å². The minimum atomic E-state index is -0.698. The molecule has 3 rings (SSSR count). The average molecular weight is 422 g/mol. The van der Waals surface area contributed by atoms with Crippen LogP contribution in [0.2, 0.25) is 10.0 Å². The number of halogens is 2. The lowest BCUT2D eigenvalue weighted by molar-refractivity contribution is -0.122. The maximum Gasteiger partial charge on any atom is 0.250 e. The number of nitrogens with two attached hydrogens (primary N) is 1. The van der Waals surface area contributed by atoms with Gasteiger partial charge in [0.1, 0.15) is 5.75 Å². The van der Waals surface area contributed by atoms with Crippen molar-refractivity contribution in [1.82, 2.24) is 0 Å². The fourth-order valence-corrected chi connectivity index (χ4v) is 3.40. The molecule has 1 fully saturated rings. The molecule has 1 heterocycles. The van der Waals surface area contributed by atoms with Gasteiger partial charge in [-0.05, 0) is 36.4 Å². The van der Waals surface area contributed by atoms with Gasteiger partial charge in [0.05, 0.1) is 29.3 Å². The van der Waals surface area contributed by atoms with E-state index >= 15 is 0 Å². The minimum Gasteiger partial charge on any atom is -0.495 e. The van der Waals surface area contributed by atoms with Gasteiger partial charge in [-0.2, -0.15) is 0 Å². The highest BCUT2D eigenvalue weighted by atomic mass is 35.5. The summed E-state index contributed by atoms with van der Waals surface area (Å²) in [7, 11) is 1.49. The zero-order valence-electron chi connectivity index (χ0n) is 14.9. The summed E-state index contributed by atoms with van der Waals surface area (Å²) in [5.41, 5.74) is 6.25. The lowest BCUT2D eigenvalue weighted by atomic mass is 10.1. The molecule has 0 saturated carbocycles. The van der Waals surface area contributed by atoms with Gasteiger partial charge in [-0.1, -0.05) is 23.2 Å². The zero-order valence-corrected chi connectivity index (χ0v) is 16.4. The van der Waals surface area contributed by atoms with Crippen LogP contribution in [0.4, 0.5) is 11.4 Å². The Labute approximate surface area is 171 Å². The van der Waals surface area contributed by atoms with E-state index in [4.69, 9.17) is 33.7 Å². The molecule has 0 radical (unpaired) electrons. The molecule has 0 bridgehead atoms. The third kappa shape index (κ3) is 4.05. The Hall–Kier alpha value is -2.77. The SMILES string of the molecule is COc1ccc(Cl)cc1N1CC(C(=O)Nc2ccc(Cl)c(C(N)=O)c2)CC1=O. The summed E-state index contributed by atoms with van der Waals surface area (Å²) < 4.78 is 5.29. The normalized spacial score (nSPS) is 16.2. The highest BCUT2D eigenvalue weighted by Gasteiger charge is 2.36. The molecule has 1 unspecified atom stereocenters. The fraction of sp³-hybridized carbons (Fsp3) is 0.211. The number of rotatable bonds is 5. The van der Waals surface area contributed by atoms with Gasteiger partial charge >= 0.3 is 0 Å². The van der Waals surface area contributed by atoms with Crippen LogP contribution < -0.4 is 20.7 Å². The van der Waals surface area contributed by atoms with E-state index in [0.29, 0.717) is 22.1 Å². The second-order valence-electron chi connectivity index (χ2n) is 6.27. The highest BCUT2D eigenvalue weighted by molar-refractivity contribution is 6.34. The molecule has 9 heteroatoms. The predicted octanol–water partition coefficient (Wildman–Crippen LogP) is 3.09. The molecule has 2 aromatic rings. The summed E-state index contributed by atoms with van der Waals surface area (Å²) in [5.74, 6) is -1.35. The molecule has 7 nitrogen and oxygen atoms in total. The van der Waals surface area contributed by atoms with Crippen molar-refractivity contribution in [2.75, 3.05) is 23.9 Å². The summed E-state index contributed by atoms with van der Waals surface area (Å²) in [4.78, 5) is 38.0. The van der Waals surface area contributed by atoms with E-state index in [1.54, 1.807) is 24.3 Å². The van der Waals surface area contributed by atoms with Crippen molar-refractivity contribution < 1.29 is 19.1 Å². The number of hydrogen-bond acceptors (Lipinski definition) is 4. The van der Waals surface area contributed by atoms with Gasteiger partial charge in [0.2, 0.25) is 17.7 Å². The van der Waals surface area contributed by atoms with Gasteiger partial charge < -0.3 is 20.7 Å². The van der Waals surface area contributed by atoms with E-state index in [9.17, 15) is 14.4 Å². The number of methoxy groups -OCH3 is 1. The smallest absolute Gasteiger partial charge is 0.250 e. The Kier molecular flexibility index (Phi) is 5.76. The number of benzene rings is 2. The van der Waals surface area contributed by atoms with Crippen LogP contribution in [-0.4, -0.2) is 31.4 Å². The quantitative estimate of drug-likeness (QED) is 0.773. The van der Waals surface area contributed by atoms with Crippen molar-refractivity contribution >= 4 is 52.3 Å². The van der Waals surface area contributed by atoms with Crippen molar-refractivity contribution in [3.05, 3.63) is 52.0 Å². The first-order valence-corrected chi connectivity index (χ1v) is 9.10.